The van der Waals surface area contributed by atoms with Crippen molar-refractivity contribution in [2.45, 2.75) is 13.1 Å². The van der Waals surface area contributed by atoms with Gasteiger partial charge in [-0.15, -0.1) is 0 Å². The van der Waals surface area contributed by atoms with Crippen LogP contribution in [0.1, 0.15) is 5.56 Å². The third-order valence-corrected chi connectivity index (χ3v) is 3.31. The average molecular weight is 340 g/mol. The predicted molar refractivity (Wildman–Crippen MR) is 79.8 cm³/mol. The maximum absolute atomic E-state index is 12.1. The van der Waals surface area contributed by atoms with Gasteiger partial charge in [-0.2, -0.15) is 0 Å². The molecule has 0 spiro atoms. The molecule has 0 bridgehead atoms. The molecule has 0 amide bonds. The van der Waals surface area contributed by atoms with Crippen LogP contribution in [0, 0.1) is 10.1 Å². The van der Waals surface area contributed by atoms with Gasteiger partial charge in [0.25, 0.3) is 11.2 Å². The third kappa shape index (κ3) is 3.64. The van der Waals surface area contributed by atoms with Gasteiger partial charge in [-0.25, -0.2) is 4.79 Å². The van der Waals surface area contributed by atoms with Crippen LogP contribution in [-0.2, 0) is 17.9 Å². The van der Waals surface area contributed by atoms with Crippen molar-refractivity contribution in [3.8, 4) is 0 Å². The standard InChI is InChI=1S/C13H10ClN3O6/c14-9-2-1-8(5-10(9)17(22)23)6-16-11(18)3-4-15(13(16)21)7-12(19)20/h1-5H,6-7H2,(H,19,20). The van der Waals surface area contributed by atoms with E-state index >= 15 is 0 Å². The number of nitro groups is 1. The van der Waals surface area contributed by atoms with Crippen LogP contribution < -0.4 is 11.2 Å². The third-order valence-electron chi connectivity index (χ3n) is 2.99. The number of carboxylic acid groups (broad SMARTS) is 1. The molecule has 1 aromatic heterocycles. The molecule has 1 heterocycles. The summed E-state index contributed by atoms with van der Waals surface area (Å²) >= 11 is 5.70. The minimum absolute atomic E-state index is 0.0672. The second-order valence-electron chi connectivity index (χ2n) is 4.59. The molecule has 0 aliphatic heterocycles. The molecule has 0 saturated heterocycles. The highest BCUT2D eigenvalue weighted by molar-refractivity contribution is 6.32. The molecule has 1 N–H and O–H groups in total. The van der Waals surface area contributed by atoms with Crippen LogP contribution in [-0.4, -0.2) is 25.1 Å². The highest BCUT2D eigenvalue weighted by Gasteiger charge is 2.14. The molecule has 0 aliphatic rings. The first-order chi connectivity index (χ1) is 10.8. The number of halogens is 1. The Morgan fingerprint density at radius 1 is 1.30 bits per heavy atom. The highest BCUT2D eigenvalue weighted by Crippen LogP contribution is 2.25. The first-order valence-electron chi connectivity index (χ1n) is 6.24. The Kier molecular flexibility index (Phi) is 4.60. The number of carbonyl (C=O) groups is 1. The molecule has 0 atom stereocenters. The van der Waals surface area contributed by atoms with Gasteiger partial charge in [0.05, 0.1) is 11.5 Å². The first kappa shape index (κ1) is 16.4. The number of nitrogens with zero attached hydrogens (tertiary/aromatic N) is 3. The zero-order valence-electron chi connectivity index (χ0n) is 11.5. The van der Waals surface area contributed by atoms with Crippen molar-refractivity contribution in [2.24, 2.45) is 0 Å². The van der Waals surface area contributed by atoms with Crippen molar-refractivity contribution in [3.63, 3.8) is 0 Å². The summed E-state index contributed by atoms with van der Waals surface area (Å²) in [6.45, 7) is -0.837. The zero-order chi connectivity index (χ0) is 17.1. The first-order valence-corrected chi connectivity index (χ1v) is 6.62. The molecule has 1 aromatic carbocycles. The molecule has 9 nitrogen and oxygen atoms in total. The van der Waals surface area contributed by atoms with Gasteiger partial charge in [-0.1, -0.05) is 17.7 Å². The van der Waals surface area contributed by atoms with Crippen molar-refractivity contribution in [1.82, 2.24) is 9.13 Å². The number of nitro benzene ring substituents is 1. The second-order valence-corrected chi connectivity index (χ2v) is 4.99. The van der Waals surface area contributed by atoms with Crippen molar-refractivity contribution >= 4 is 23.3 Å². The molecule has 120 valence electrons. The molecule has 23 heavy (non-hydrogen) atoms. The predicted octanol–water partition coefficient (Wildman–Crippen LogP) is 0.704. The molecule has 0 unspecified atom stereocenters. The lowest BCUT2D eigenvalue weighted by molar-refractivity contribution is -0.384. The SMILES string of the molecule is O=C(O)Cn1ccc(=O)n(Cc2ccc(Cl)c([N+](=O)[O-])c2)c1=O. The lowest BCUT2D eigenvalue weighted by atomic mass is 10.2. The fraction of sp³-hybridized carbons (Fsp3) is 0.154. The zero-order valence-corrected chi connectivity index (χ0v) is 12.3. The number of hydrogen-bond donors (Lipinski definition) is 1. The summed E-state index contributed by atoms with van der Waals surface area (Å²) in [4.78, 5) is 44.8. The monoisotopic (exact) mass is 339 g/mol. The summed E-state index contributed by atoms with van der Waals surface area (Å²) < 4.78 is 1.64. The number of carboxylic acids is 1. The van der Waals surface area contributed by atoms with E-state index in [0.29, 0.717) is 5.56 Å². The Morgan fingerprint density at radius 3 is 2.61 bits per heavy atom. The Balaban J connectivity index is 2.46. The van der Waals surface area contributed by atoms with Crippen LogP contribution in [0.2, 0.25) is 5.02 Å². The number of rotatable bonds is 5. The molecular weight excluding hydrogens is 330 g/mol. The Morgan fingerprint density at radius 2 is 2.00 bits per heavy atom. The van der Waals surface area contributed by atoms with Gasteiger partial charge < -0.3 is 5.11 Å². The maximum atomic E-state index is 12.1. The summed E-state index contributed by atoms with van der Waals surface area (Å²) in [5, 5.41) is 19.5. The molecule has 0 saturated carbocycles. The minimum Gasteiger partial charge on any atom is -0.480 e. The van der Waals surface area contributed by atoms with E-state index in [4.69, 9.17) is 16.7 Å². The summed E-state index contributed by atoms with van der Waals surface area (Å²) in [5.41, 5.74) is -1.50. The van der Waals surface area contributed by atoms with Gasteiger partial charge in [-0.05, 0) is 11.6 Å². The summed E-state index contributed by atoms with van der Waals surface area (Å²) in [7, 11) is 0. The Bertz CT molecular complexity index is 901. The fourth-order valence-electron chi connectivity index (χ4n) is 1.95. The second kappa shape index (κ2) is 6.44. The van der Waals surface area contributed by atoms with Crippen LogP contribution >= 0.6 is 11.6 Å². The van der Waals surface area contributed by atoms with Crippen molar-refractivity contribution in [1.29, 1.82) is 0 Å². The molecule has 2 aromatic rings. The van der Waals surface area contributed by atoms with E-state index in [0.717, 1.165) is 27.5 Å². The van der Waals surface area contributed by atoms with E-state index in [1.807, 2.05) is 0 Å². The normalized spacial score (nSPS) is 10.5. The highest BCUT2D eigenvalue weighted by atomic mass is 35.5. The van der Waals surface area contributed by atoms with E-state index in [2.05, 4.69) is 0 Å². The van der Waals surface area contributed by atoms with Crippen molar-refractivity contribution < 1.29 is 14.8 Å². The van der Waals surface area contributed by atoms with Gasteiger partial charge in [0.1, 0.15) is 11.6 Å². The molecule has 0 aliphatic carbocycles. The largest absolute Gasteiger partial charge is 0.480 e. The van der Waals surface area contributed by atoms with Crippen LogP contribution in [0.15, 0.2) is 40.1 Å². The molecule has 10 heteroatoms. The van der Waals surface area contributed by atoms with Crippen LogP contribution in [0.25, 0.3) is 0 Å². The minimum atomic E-state index is -1.24. The quantitative estimate of drug-likeness (QED) is 0.631. The molecule has 0 fully saturated rings. The van der Waals surface area contributed by atoms with Gasteiger partial charge >= 0.3 is 11.7 Å². The van der Waals surface area contributed by atoms with E-state index in [1.165, 1.54) is 12.1 Å². The number of hydrogen-bond acceptors (Lipinski definition) is 5. The van der Waals surface area contributed by atoms with Gasteiger partial charge in [0.15, 0.2) is 0 Å². The van der Waals surface area contributed by atoms with E-state index in [-0.39, 0.29) is 17.3 Å². The molecule has 2 rings (SSSR count). The maximum Gasteiger partial charge on any atom is 0.331 e. The van der Waals surface area contributed by atoms with Crippen molar-refractivity contribution in [2.75, 3.05) is 0 Å². The topological polar surface area (TPSA) is 124 Å². The number of benzene rings is 1. The Hall–Kier alpha value is -2.94. The lowest BCUT2D eigenvalue weighted by Gasteiger charge is -2.08. The van der Waals surface area contributed by atoms with Gasteiger partial charge in [-0.3, -0.25) is 28.8 Å². The summed E-state index contributed by atoms with van der Waals surface area (Å²) in [5.74, 6) is -1.24. The van der Waals surface area contributed by atoms with E-state index in [1.54, 1.807) is 0 Å². The fourth-order valence-corrected chi connectivity index (χ4v) is 2.13. The lowest BCUT2D eigenvalue weighted by Crippen LogP contribution is -2.40. The summed E-state index contributed by atoms with van der Waals surface area (Å²) in [6.07, 6.45) is 1.08. The van der Waals surface area contributed by atoms with Crippen LogP contribution in [0.3, 0.4) is 0 Å². The molecule has 0 radical (unpaired) electrons. The number of aliphatic carboxylic acids is 1. The van der Waals surface area contributed by atoms with Crippen LogP contribution in [0.5, 0.6) is 0 Å². The van der Waals surface area contributed by atoms with Gasteiger partial charge in [0, 0.05) is 18.3 Å². The van der Waals surface area contributed by atoms with E-state index in [9.17, 15) is 24.5 Å². The van der Waals surface area contributed by atoms with E-state index < -0.39 is 28.7 Å². The number of aromatic nitrogens is 2. The smallest absolute Gasteiger partial charge is 0.331 e. The van der Waals surface area contributed by atoms with Crippen LogP contribution in [0.4, 0.5) is 5.69 Å². The van der Waals surface area contributed by atoms with Crippen molar-refractivity contribution in [3.05, 3.63) is 72.0 Å². The Labute approximate surface area is 133 Å². The van der Waals surface area contributed by atoms with Gasteiger partial charge in [0.2, 0.25) is 0 Å². The average Bonchev–Trinajstić information content (AvgIpc) is 2.47. The summed E-state index contributed by atoms with van der Waals surface area (Å²) in [6, 6.07) is 4.94. The molecular formula is C13H10ClN3O6.